The molecule has 4 rings (SSSR count). The van der Waals surface area contributed by atoms with Gasteiger partial charge in [-0.05, 0) is 23.8 Å². The summed E-state index contributed by atoms with van der Waals surface area (Å²) in [6, 6.07) is 5.54. The Balaban J connectivity index is 1.58. The third-order valence-corrected chi connectivity index (χ3v) is 3.69. The first kappa shape index (κ1) is 13.1. The van der Waals surface area contributed by atoms with Crippen LogP contribution in [0.1, 0.15) is 5.56 Å². The van der Waals surface area contributed by atoms with Gasteiger partial charge in [0.2, 0.25) is 12.8 Å². The molecule has 0 atom stereocenters. The van der Waals surface area contributed by atoms with Gasteiger partial charge in [0, 0.05) is 13.1 Å². The van der Waals surface area contributed by atoms with Gasteiger partial charge in [-0.3, -0.25) is 10.1 Å². The fraction of sp³-hybridized carbons (Fsp3) is 0.333. The summed E-state index contributed by atoms with van der Waals surface area (Å²) in [5, 5.41) is 2.80. The number of nitrogens with zero attached hydrogens (tertiary/aromatic N) is 2. The maximum absolute atomic E-state index is 12.1. The molecule has 0 aliphatic carbocycles. The fourth-order valence-corrected chi connectivity index (χ4v) is 2.54. The third-order valence-electron chi connectivity index (χ3n) is 3.69. The Morgan fingerprint density at radius 1 is 1.18 bits per heavy atom. The lowest BCUT2D eigenvalue weighted by molar-refractivity contribution is -0.115. The molecule has 7 nitrogen and oxygen atoms in total. The average molecular weight is 301 g/mol. The Labute approximate surface area is 127 Å². The van der Waals surface area contributed by atoms with Crippen molar-refractivity contribution >= 4 is 17.9 Å². The highest BCUT2D eigenvalue weighted by Crippen LogP contribution is 2.33. The predicted molar refractivity (Wildman–Crippen MR) is 78.5 cm³/mol. The summed E-state index contributed by atoms with van der Waals surface area (Å²) in [5.74, 6) is 1.81. The molecule has 0 spiro atoms. The SMILES string of the molecule is O=C1NC(N2CCOCC2)=N/C1=C\c1ccc2c(c1)OCO2. The van der Waals surface area contributed by atoms with E-state index in [1.165, 1.54) is 0 Å². The highest BCUT2D eigenvalue weighted by atomic mass is 16.7. The van der Waals surface area contributed by atoms with Crippen LogP contribution >= 0.6 is 0 Å². The van der Waals surface area contributed by atoms with Gasteiger partial charge in [-0.15, -0.1) is 0 Å². The minimum absolute atomic E-state index is 0.195. The number of aliphatic imine (C=N–C) groups is 1. The largest absolute Gasteiger partial charge is 0.454 e. The molecule has 0 unspecified atom stereocenters. The quantitative estimate of drug-likeness (QED) is 0.768. The first-order valence-electron chi connectivity index (χ1n) is 7.14. The van der Waals surface area contributed by atoms with Crippen molar-refractivity contribution in [2.45, 2.75) is 0 Å². The van der Waals surface area contributed by atoms with Crippen molar-refractivity contribution in [3.8, 4) is 11.5 Å². The van der Waals surface area contributed by atoms with Gasteiger partial charge < -0.3 is 19.1 Å². The zero-order valence-electron chi connectivity index (χ0n) is 11.9. The standard InChI is InChI=1S/C15H15N3O4/c19-14-11(16-15(17-14)18-3-5-20-6-4-18)7-10-1-2-12-13(8-10)22-9-21-12/h1-2,7-8H,3-6,9H2,(H,16,17,19)/b11-7-. The summed E-state index contributed by atoms with van der Waals surface area (Å²) in [7, 11) is 0. The zero-order chi connectivity index (χ0) is 14.9. The summed E-state index contributed by atoms with van der Waals surface area (Å²) in [6.45, 7) is 2.99. The molecule has 1 saturated heterocycles. The van der Waals surface area contributed by atoms with Crippen molar-refractivity contribution in [2.75, 3.05) is 33.1 Å². The molecule has 3 aliphatic rings. The molecule has 1 aromatic rings. The molecule has 3 aliphatic heterocycles. The van der Waals surface area contributed by atoms with E-state index >= 15 is 0 Å². The van der Waals surface area contributed by atoms with Gasteiger partial charge in [-0.1, -0.05) is 6.07 Å². The number of carbonyl (C=O) groups excluding carboxylic acids is 1. The van der Waals surface area contributed by atoms with Crippen molar-refractivity contribution in [2.24, 2.45) is 4.99 Å². The van der Waals surface area contributed by atoms with Crippen LogP contribution in [0.25, 0.3) is 6.08 Å². The molecular weight excluding hydrogens is 286 g/mol. The van der Waals surface area contributed by atoms with Gasteiger partial charge in [0.25, 0.3) is 5.91 Å². The first-order chi connectivity index (χ1) is 10.8. The number of hydrogen-bond donors (Lipinski definition) is 1. The predicted octanol–water partition coefficient (Wildman–Crippen LogP) is 0.574. The van der Waals surface area contributed by atoms with E-state index in [2.05, 4.69) is 10.3 Å². The number of benzene rings is 1. The minimum atomic E-state index is -0.195. The molecule has 1 fully saturated rings. The lowest BCUT2D eigenvalue weighted by Crippen LogP contribution is -2.46. The average Bonchev–Trinajstić information content (AvgIpc) is 3.15. The number of guanidine groups is 1. The van der Waals surface area contributed by atoms with Crippen LogP contribution in [-0.2, 0) is 9.53 Å². The Bertz CT molecular complexity index is 677. The number of rotatable bonds is 1. The number of morpholine rings is 1. The Morgan fingerprint density at radius 2 is 2.00 bits per heavy atom. The number of fused-ring (bicyclic) bond motifs is 1. The molecule has 3 heterocycles. The van der Waals surface area contributed by atoms with Crippen LogP contribution in [-0.4, -0.2) is 49.9 Å². The number of nitrogens with one attached hydrogen (secondary N) is 1. The zero-order valence-corrected chi connectivity index (χ0v) is 11.9. The molecule has 0 aromatic heterocycles. The third kappa shape index (κ3) is 2.39. The number of amides is 1. The summed E-state index contributed by atoms with van der Waals surface area (Å²) in [5.41, 5.74) is 1.24. The second kappa shape index (κ2) is 5.34. The molecule has 1 amide bonds. The summed E-state index contributed by atoms with van der Waals surface area (Å²) < 4.78 is 15.9. The van der Waals surface area contributed by atoms with Gasteiger partial charge in [0.1, 0.15) is 5.70 Å². The molecule has 22 heavy (non-hydrogen) atoms. The van der Waals surface area contributed by atoms with Gasteiger partial charge >= 0.3 is 0 Å². The van der Waals surface area contributed by atoms with E-state index in [-0.39, 0.29) is 12.7 Å². The van der Waals surface area contributed by atoms with Gasteiger partial charge in [0.15, 0.2) is 11.5 Å². The number of carbonyl (C=O) groups is 1. The topological polar surface area (TPSA) is 72.4 Å². The van der Waals surface area contributed by atoms with Crippen LogP contribution < -0.4 is 14.8 Å². The highest BCUT2D eigenvalue weighted by molar-refractivity contribution is 6.13. The normalized spacial score (nSPS) is 22.0. The lowest BCUT2D eigenvalue weighted by Gasteiger charge is -2.27. The Kier molecular flexibility index (Phi) is 3.19. The summed E-state index contributed by atoms with van der Waals surface area (Å²) in [6.07, 6.45) is 1.74. The Morgan fingerprint density at radius 3 is 2.86 bits per heavy atom. The van der Waals surface area contributed by atoms with Crippen molar-refractivity contribution < 1.29 is 19.0 Å². The summed E-state index contributed by atoms with van der Waals surface area (Å²) >= 11 is 0. The molecule has 0 saturated carbocycles. The summed E-state index contributed by atoms with van der Waals surface area (Å²) in [4.78, 5) is 18.5. The molecule has 1 aromatic carbocycles. The van der Waals surface area contributed by atoms with Gasteiger partial charge in [0.05, 0.1) is 13.2 Å². The molecule has 7 heteroatoms. The van der Waals surface area contributed by atoms with Crippen LogP contribution in [0, 0.1) is 0 Å². The molecule has 114 valence electrons. The van der Waals surface area contributed by atoms with E-state index < -0.39 is 0 Å². The molecule has 0 radical (unpaired) electrons. The molecule has 1 N–H and O–H groups in total. The van der Waals surface area contributed by atoms with E-state index in [1.54, 1.807) is 6.08 Å². The monoisotopic (exact) mass is 301 g/mol. The number of hydrogen-bond acceptors (Lipinski definition) is 6. The van der Waals surface area contributed by atoms with E-state index in [9.17, 15) is 4.79 Å². The van der Waals surface area contributed by atoms with Crippen molar-refractivity contribution in [1.29, 1.82) is 0 Å². The highest BCUT2D eigenvalue weighted by Gasteiger charge is 2.25. The van der Waals surface area contributed by atoms with E-state index in [4.69, 9.17) is 14.2 Å². The Hall–Kier alpha value is -2.54. The van der Waals surface area contributed by atoms with Crippen molar-refractivity contribution in [3.63, 3.8) is 0 Å². The van der Waals surface area contributed by atoms with Gasteiger partial charge in [-0.2, -0.15) is 0 Å². The van der Waals surface area contributed by atoms with Gasteiger partial charge in [-0.25, -0.2) is 4.99 Å². The van der Waals surface area contributed by atoms with Crippen LogP contribution in [0.15, 0.2) is 28.9 Å². The maximum atomic E-state index is 12.1. The lowest BCUT2D eigenvalue weighted by atomic mass is 10.1. The minimum Gasteiger partial charge on any atom is -0.454 e. The van der Waals surface area contributed by atoms with Crippen molar-refractivity contribution in [1.82, 2.24) is 10.2 Å². The van der Waals surface area contributed by atoms with Crippen LogP contribution in [0.5, 0.6) is 11.5 Å². The maximum Gasteiger partial charge on any atom is 0.276 e. The van der Waals surface area contributed by atoms with Crippen molar-refractivity contribution in [3.05, 3.63) is 29.5 Å². The second-order valence-electron chi connectivity index (χ2n) is 5.13. The number of ether oxygens (including phenoxy) is 3. The first-order valence-corrected chi connectivity index (χ1v) is 7.14. The molecular formula is C15H15N3O4. The van der Waals surface area contributed by atoms with Crippen LogP contribution in [0.3, 0.4) is 0 Å². The van der Waals surface area contributed by atoms with E-state index in [0.29, 0.717) is 30.6 Å². The second-order valence-corrected chi connectivity index (χ2v) is 5.13. The van der Waals surface area contributed by atoms with Crippen LogP contribution in [0.2, 0.25) is 0 Å². The van der Waals surface area contributed by atoms with E-state index in [0.717, 1.165) is 24.4 Å². The molecule has 0 bridgehead atoms. The fourth-order valence-electron chi connectivity index (χ4n) is 2.54. The van der Waals surface area contributed by atoms with E-state index in [1.807, 2.05) is 23.1 Å². The van der Waals surface area contributed by atoms with Crippen LogP contribution in [0.4, 0.5) is 0 Å². The smallest absolute Gasteiger partial charge is 0.276 e.